The van der Waals surface area contributed by atoms with Crippen molar-refractivity contribution in [1.29, 1.82) is 0 Å². The monoisotopic (exact) mass is 372 g/mol. The second-order valence-corrected chi connectivity index (χ2v) is 7.78. The van der Waals surface area contributed by atoms with Crippen LogP contribution in [0.4, 0.5) is 0 Å². The van der Waals surface area contributed by atoms with Crippen molar-refractivity contribution in [3.05, 3.63) is 35.4 Å². The van der Waals surface area contributed by atoms with E-state index in [1.165, 1.54) is 6.92 Å². The summed E-state index contributed by atoms with van der Waals surface area (Å²) in [6, 6.07) is 6.94. The molecule has 2 aliphatic heterocycles. The number of carbonyl (C=O) groups excluding carboxylic acids is 3. The predicted molar refractivity (Wildman–Crippen MR) is 102 cm³/mol. The van der Waals surface area contributed by atoms with E-state index in [2.05, 4.69) is 0 Å². The molecule has 1 atom stereocenters. The van der Waals surface area contributed by atoms with E-state index < -0.39 is 0 Å². The molecule has 0 saturated carbocycles. The molecule has 6 nitrogen and oxygen atoms in total. The minimum absolute atomic E-state index is 0.0301. The van der Waals surface area contributed by atoms with E-state index in [9.17, 15) is 14.4 Å². The molecule has 0 radical (unpaired) electrons. The lowest BCUT2D eigenvalue weighted by Crippen LogP contribution is -2.55. The van der Waals surface area contributed by atoms with Crippen molar-refractivity contribution in [2.24, 2.45) is 5.41 Å². The number of carbonyl (C=O) groups is 3. The smallest absolute Gasteiger partial charge is 0.253 e. The molecule has 1 spiro atoms. The highest BCUT2D eigenvalue weighted by molar-refractivity contribution is 5.99. The van der Waals surface area contributed by atoms with Crippen LogP contribution in [-0.2, 0) is 9.53 Å². The number of rotatable bonds is 5. The first kappa shape index (κ1) is 19.5. The van der Waals surface area contributed by atoms with Crippen molar-refractivity contribution in [2.75, 3.05) is 39.9 Å². The van der Waals surface area contributed by atoms with Gasteiger partial charge >= 0.3 is 0 Å². The van der Waals surface area contributed by atoms with Crippen LogP contribution in [0.15, 0.2) is 24.3 Å². The van der Waals surface area contributed by atoms with Crippen LogP contribution in [0.5, 0.6) is 0 Å². The Morgan fingerprint density at radius 1 is 1.19 bits per heavy atom. The fraction of sp³-hybridized carbons (Fsp3) is 0.571. The van der Waals surface area contributed by atoms with Crippen LogP contribution in [0.1, 0.15) is 53.3 Å². The maximum atomic E-state index is 13.0. The third-order valence-corrected chi connectivity index (χ3v) is 5.78. The van der Waals surface area contributed by atoms with Crippen LogP contribution in [0.3, 0.4) is 0 Å². The lowest BCUT2D eigenvalue weighted by Gasteiger charge is -2.48. The number of hydrogen-bond donors (Lipinski definition) is 0. The van der Waals surface area contributed by atoms with Gasteiger partial charge in [-0.25, -0.2) is 0 Å². The molecule has 27 heavy (non-hydrogen) atoms. The van der Waals surface area contributed by atoms with Gasteiger partial charge in [-0.05, 0) is 38.3 Å². The molecular weight excluding hydrogens is 344 g/mol. The van der Waals surface area contributed by atoms with Crippen LogP contribution in [0.2, 0.25) is 0 Å². The van der Waals surface area contributed by atoms with Crippen molar-refractivity contribution in [3.8, 4) is 0 Å². The first-order chi connectivity index (χ1) is 12.9. The molecule has 0 aromatic heterocycles. The van der Waals surface area contributed by atoms with Gasteiger partial charge in [0.05, 0.1) is 6.61 Å². The molecule has 2 amide bonds. The Balaban J connectivity index is 1.73. The minimum Gasteiger partial charge on any atom is -0.383 e. The van der Waals surface area contributed by atoms with Gasteiger partial charge in [0.15, 0.2) is 5.78 Å². The Morgan fingerprint density at radius 3 is 2.70 bits per heavy atom. The van der Waals surface area contributed by atoms with Crippen LogP contribution < -0.4 is 0 Å². The fourth-order valence-electron chi connectivity index (χ4n) is 4.28. The van der Waals surface area contributed by atoms with Crippen molar-refractivity contribution >= 4 is 17.6 Å². The summed E-state index contributed by atoms with van der Waals surface area (Å²) in [5, 5.41) is 0. The van der Waals surface area contributed by atoms with Crippen LogP contribution >= 0.6 is 0 Å². The normalized spacial score (nSPS) is 23.0. The third kappa shape index (κ3) is 4.38. The Labute approximate surface area is 160 Å². The number of ether oxygens (including phenoxy) is 1. The fourth-order valence-corrected chi connectivity index (χ4v) is 4.28. The van der Waals surface area contributed by atoms with Gasteiger partial charge in [0.25, 0.3) is 5.91 Å². The van der Waals surface area contributed by atoms with Gasteiger partial charge in [-0.15, -0.1) is 0 Å². The Kier molecular flexibility index (Phi) is 5.95. The van der Waals surface area contributed by atoms with Gasteiger partial charge < -0.3 is 14.5 Å². The maximum Gasteiger partial charge on any atom is 0.253 e. The Bertz CT molecular complexity index is 733. The summed E-state index contributed by atoms with van der Waals surface area (Å²) in [5.74, 6) is 0.104. The first-order valence-corrected chi connectivity index (χ1v) is 9.61. The second kappa shape index (κ2) is 8.21. The van der Waals surface area contributed by atoms with E-state index in [-0.39, 0.29) is 23.0 Å². The van der Waals surface area contributed by atoms with Crippen molar-refractivity contribution in [2.45, 2.75) is 32.6 Å². The molecule has 2 fully saturated rings. The molecule has 0 N–H and O–H groups in total. The summed E-state index contributed by atoms with van der Waals surface area (Å²) in [6.45, 7) is 4.71. The molecule has 1 unspecified atom stereocenters. The number of amides is 2. The molecule has 1 aromatic rings. The summed E-state index contributed by atoms with van der Waals surface area (Å²) < 4.78 is 5.13. The zero-order valence-electron chi connectivity index (χ0n) is 16.2. The summed E-state index contributed by atoms with van der Waals surface area (Å²) in [4.78, 5) is 40.7. The number of hydrogen-bond acceptors (Lipinski definition) is 4. The quantitative estimate of drug-likeness (QED) is 0.745. The Hall–Kier alpha value is -2.21. The Morgan fingerprint density at radius 2 is 1.96 bits per heavy atom. The molecule has 6 heteroatoms. The number of likely N-dealkylation sites (tertiary alicyclic amines) is 2. The van der Waals surface area contributed by atoms with E-state index in [4.69, 9.17) is 4.74 Å². The molecule has 0 aliphatic carbocycles. The largest absolute Gasteiger partial charge is 0.383 e. The number of piperidine rings is 2. The molecule has 0 bridgehead atoms. The van der Waals surface area contributed by atoms with E-state index in [1.807, 2.05) is 9.80 Å². The number of benzene rings is 1. The molecule has 1 aromatic carbocycles. The van der Waals surface area contributed by atoms with Gasteiger partial charge in [0.2, 0.25) is 5.91 Å². The van der Waals surface area contributed by atoms with E-state index in [0.29, 0.717) is 43.8 Å². The van der Waals surface area contributed by atoms with E-state index in [0.717, 1.165) is 25.8 Å². The molecule has 146 valence electrons. The second-order valence-electron chi connectivity index (χ2n) is 7.78. The molecule has 2 heterocycles. The highest BCUT2D eigenvalue weighted by Gasteiger charge is 2.42. The SMILES string of the molecule is COCCN1CC2(CCCN(C(=O)c3cccc(C(C)=O)c3)C2)CCC1=O. The first-order valence-electron chi connectivity index (χ1n) is 9.61. The maximum absolute atomic E-state index is 13.0. The van der Waals surface area contributed by atoms with Crippen molar-refractivity contribution < 1.29 is 19.1 Å². The molecule has 2 aliphatic rings. The molecular formula is C21H28N2O4. The number of methoxy groups -OCH3 is 1. The molecule has 3 rings (SSSR count). The number of nitrogens with zero attached hydrogens (tertiary/aromatic N) is 2. The van der Waals surface area contributed by atoms with E-state index >= 15 is 0 Å². The zero-order chi connectivity index (χ0) is 19.4. The average molecular weight is 372 g/mol. The number of ketones is 1. The van der Waals surface area contributed by atoms with Crippen LogP contribution in [0.25, 0.3) is 0 Å². The van der Waals surface area contributed by atoms with Crippen molar-refractivity contribution in [3.63, 3.8) is 0 Å². The zero-order valence-corrected chi connectivity index (χ0v) is 16.2. The summed E-state index contributed by atoms with van der Waals surface area (Å²) >= 11 is 0. The predicted octanol–water partition coefficient (Wildman–Crippen LogP) is 2.38. The lowest BCUT2D eigenvalue weighted by molar-refractivity contribution is -0.139. The highest BCUT2D eigenvalue weighted by Crippen LogP contribution is 2.39. The van der Waals surface area contributed by atoms with Gasteiger partial charge in [-0.2, -0.15) is 0 Å². The summed E-state index contributed by atoms with van der Waals surface area (Å²) in [7, 11) is 1.64. The summed E-state index contributed by atoms with van der Waals surface area (Å²) in [6.07, 6.45) is 3.32. The molecule has 2 saturated heterocycles. The lowest BCUT2D eigenvalue weighted by atomic mass is 9.73. The van der Waals surface area contributed by atoms with Gasteiger partial charge in [0.1, 0.15) is 0 Å². The van der Waals surface area contributed by atoms with Gasteiger partial charge in [0, 0.05) is 56.3 Å². The third-order valence-electron chi connectivity index (χ3n) is 5.78. The standard InChI is InChI=1S/C21H28N2O4/c1-16(24)17-5-3-6-18(13-17)20(26)23-10-4-8-21(15-23)9-7-19(25)22(14-21)11-12-27-2/h3,5-6,13H,4,7-12,14-15H2,1-2H3. The van der Waals surface area contributed by atoms with Crippen molar-refractivity contribution in [1.82, 2.24) is 9.80 Å². The van der Waals surface area contributed by atoms with Crippen LogP contribution in [0, 0.1) is 5.41 Å². The van der Waals surface area contributed by atoms with Gasteiger partial charge in [-0.1, -0.05) is 12.1 Å². The summed E-state index contributed by atoms with van der Waals surface area (Å²) in [5.41, 5.74) is 1.08. The highest BCUT2D eigenvalue weighted by atomic mass is 16.5. The minimum atomic E-state index is -0.0423. The number of Topliss-reactive ketones (excluding diaryl/α,β-unsaturated/α-hetero) is 1. The topological polar surface area (TPSA) is 66.9 Å². The van der Waals surface area contributed by atoms with Gasteiger partial charge in [-0.3, -0.25) is 14.4 Å². The van der Waals surface area contributed by atoms with E-state index in [1.54, 1.807) is 31.4 Å². The van der Waals surface area contributed by atoms with Crippen LogP contribution in [-0.4, -0.2) is 67.3 Å². The average Bonchev–Trinajstić information content (AvgIpc) is 2.68.